The van der Waals surface area contributed by atoms with Crippen LogP contribution in [0.5, 0.6) is 5.75 Å². The van der Waals surface area contributed by atoms with Gasteiger partial charge in [0.25, 0.3) is 0 Å². The van der Waals surface area contributed by atoms with Crippen molar-refractivity contribution < 1.29 is 14.6 Å². The quantitative estimate of drug-likeness (QED) is 0.839. The van der Waals surface area contributed by atoms with Gasteiger partial charge in [-0.05, 0) is 35.4 Å². The van der Waals surface area contributed by atoms with Crippen LogP contribution < -0.4 is 4.74 Å². The smallest absolute Gasteiger partial charge is 0.341 e. The summed E-state index contributed by atoms with van der Waals surface area (Å²) in [5.74, 6) is -0.433. The molecule has 0 fully saturated rings. The van der Waals surface area contributed by atoms with E-state index in [-0.39, 0.29) is 6.61 Å². The molecule has 0 aliphatic carbocycles. The van der Waals surface area contributed by atoms with Gasteiger partial charge < -0.3 is 9.84 Å². The van der Waals surface area contributed by atoms with E-state index in [2.05, 4.69) is 15.9 Å². The van der Waals surface area contributed by atoms with Crippen LogP contribution in [0.3, 0.4) is 0 Å². The average Bonchev–Trinajstić information content (AvgIpc) is 2.45. The molecular formula is C16H13BrO3. The molecule has 20 heavy (non-hydrogen) atoms. The summed E-state index contributed by atoms with van der Waals surface area (Å²) >= 11 is 3.39. The second-order valence-corrected chi connectivity index (χ2v) is 5.05. The van der Waals surface area contributed by atoms with Crippen molar-refractivity contribution in [2.24, 2.45) is 0 Å². The summed E-state index contributed by atoms with van der Waals surface area (Å²) in [6.07, 6.45) is 4.00. The van der Waals surface area contributed by atoms with Gasteiger partial charge in [0, 0.05) is 4.47 Å². The Kier molecular flexibility index (Phi) is 4.96. The van der Waals surface area contributed by atoms with Gasteiger partial charge in [0.05, 0.1) is 0 Å². The van der Waals surface area contributed by atoms with Gasteiger partial charge in [-0.1, -0.05) is 52.3 Å². The number of carboxylic acids is 1. The summed E-state index contributed by atoms with van der Waals surface area (Å²) in [5, 5.41) is 8.52. The lowest BCUT2D eigenvalue weighted by molar-refractivity contribution is -0.139. The van der Waals surface area contributed by atoms with Crippen LogP contribution in [0.25, 0.3) is 12.2 Å². The molecule has 2 rings (SSSR count). The van der Waals surface area contributed by atoms with Crippen LogP contribution in [0.1, 0.15) is 11.1 Å². The maximum absolute atomic E-state index is 10.4. The van der Waals surface area contributed by atoms with E-state index < -0.39 is 5.97 Å². The van der Waals surface area contributed by atoms with Gasteiger partial charge in [-0.2, -0.15) is 0 Å². The predicted octanol–water partition coefficient (Wildman–Crippen LogP) is 4.08. The number of rotatable bonds is 5. The molecular weight excluding hydrogens is 320 g/mol. The molecule has 0 amide bonds. The Labute approximate surface area is 125 Å². The summed E-state index contributed by atoms with van der Waals surface area (Å²) in [6, 6.07) is 15.3. The number of hydrogen-bond donors (Lipinski definition) is 1. The number of ether oxygens (including phenoxy) is 1. The van der Waals surface area contributed by atoms with Gasteiger partial charge in [-0.15, -0.1) is 0 Å². The number of carboxylic acid groups (broad SMARTS) is 1. The summed E-state index contributed by atoms with van der Waals surface area (Å²) in [4.78, 5) is 10.4. The third-order valence-corrected chi connectivity index (χ3v) is 3.11. The SMILES string of the molecule is O=C(O)COc1ccc(/C=C/c2ccc(Br)cc2)cc1. The average molecular weight is 333 g/mol. The Hall–Kier alpha value is -2.07. The molecule has 3 nitrogen and oxygen atoms in total. The molecule has 2 aromatic rings. The zero-order chi connectivity index (χ0) is 14.4. The van der Waals surface area contributed by atoms with Crippen molar-refractivity contribution in [3.05, 3.63) is 64.1 Å². The normalized spacial score (nSPS) is 10.7. The number of carbonyl (C=O) groups is 1. The van der Waals surface area contributed by atoms with Crippen molar-refractivity contribution in [2.45, 2.75) is 0 Å². The molecule has 102 valence electrons. The highest BCUT2D eigenvalue weighted by Gasteiger charge is 1.98. The second-order valence-electron chi connectivity index (χ2n) is 4.14. The van der Waals surface area contributed by atoms with Crippen LogP contribution in [-0.4, -0.2) is 17.7 Å². The maximum Gasteiger partial charge on any atom is 0.341 e. The Morgan fingerprint density at radius 2 is 1.50 bits per heavy atom. The van der Waals surface area contributed by atoms with Crippen LogP contribution in [0, 0.1) is 0 Å². The van der Waals surface area contributed by atoms with Gasteiger partial charge in [0.2, 0.25) is 0 Å². The monoisotopic (exact) mass is 332 g/mol. The van der Waals surface area contributed by atoms with Crippen LogP contribution in [0.2, 0.25) is 0 Å². The first-order valence-electron chi connectivity index (χ1n) is 6.02. The lowest BCUT2D eigenvalue weighted by Gasteiger charge is -2.02. The van der Waals surface area contributed by atoms with Crippen LogP contribution in [-0.2, 0) is 4.79 Å². The fourth-order valence-electron chi connectivity index (χ4n) is 1.59. The fraction of sp³-hybridized carbons (Fsp3) is 0.0625. The zero-order valence-electron chi connectivity index (χ0n) is 10.6. The molecule has 0 aliphatic rings. The molecule has 0 spiro atoms. The van der Waals surface area contributed by atoms with E-state index in [1.54, 1.807) is 12.1 Å². The highest BCUT2D eigenvalue weighted by atomic mass is 79.9. The van der Waals surface area contributed by atoms with Crippen LogP contribution >= 0.6 is 15.9 Å². The minimum atomic E-state index is -0.982. The minimum absolute atomic E-state index is 0.325. The lowest BCUT2D eigenvalue weighted by Crippen LogP contribution is -2.09. The predicted molar refractivity (Wildman–Crippen MR) is 82.6 cm³/mol. The number of benzene rings is 2. The first-order chi connectivity index (χ1) is 9.63. The van der Waals surface area contributed by atoms with Crippen molar-refractivity contribution >= 4 is 34.1 Å². The Morgan fingerprint density at radius 3 is 2.00 bits per heavy atom. The number of halogens is 1. The third kappa shape index (κ3) is 4.55. The van der Waals surface area contributed by atoms with E-state index in [0.717, 1.165) is 15.6 Å². The molecule has 0 saturated carbocycles. The highest BCUT2D eigenvalue weighted by molar-refractivity contribution is 9.10. The molecule has 0 aromatic heterocycles. The molecule has 0 saturated heterocycles. The molecule has 0 heterocycles. The molecule has 0 radical (unpaired) electrons. The van der Waals surface area contributed by atoms with E-state index in [4.69, 9.17) is 9.84 Å². The van der Waals surface area contributed by atoms with E-state index >= 15 is 0 Å². The van der Waals surface area contributed by atoms with Crippen LogP contribution in [0.15, 0.2) is 53.0 Å². The molecule has 4 heteroatoms. The molecule has 0 bridgehead atoms. The molecule has 0 aliphatic heterocycles. The van der Waals surface area contributed by atoms with Crippen LogP contribution in [0.4, 0.5) is 0 Å². The highest BCUT2D eigenvalue weighted by Crippen LogP contribution is 2.16. The van der Waals surface area contributed by atoms with E-state index in [1.807, 2.05) is 48.6 Å². The molecule has 0 unspecified atom stereocenters. The maximum atomic E-state index is 10.4. The third-order valence-electron chi connectivity index (χ3n) is 2.58. The Morgan fingerprint density at radius 1 is 1.00 bits per heavy atom. The minimum Gasteiger partial charge on any atom is -0.482 e. The summed E-state index contributed by atoms with van der Waals surface area (Å²) in [5.41, 5.74) is 2.13. The standard InChI is InChI=1S/C16H13BrO3/c17-14-7-3-12(4-8-14)1-2-13-5-9-15(10-6-13)20-11-16(18)19/h1-10H,11H2,(H,18,19)/b2-1+. The van der Waals surface area contributed by atoms with Gasteiger partial charge >= 0.3 is 5.97 Å². The second kappa shape index (κ2) is 6.91. The van der Waals surface area contributed by atoms with Gasteiger partial charge in [-0.25, -0.2) is 4.79 Å². The Balaban J connectivity index is 1.99. The topological polar surface area (TPSA) is 46.5 Å². The van der Waals surface area contributed by atoms with Gasteiger partial charge in [-0.3, -0.25) is 0 Å². The number of hydrogen-bond acceptors (Lipinski definition) is 2. The molecule has 1 N–H and O–H groups in total. The Bertz CT molecular complexity index is 601. The molecule has 2 aromatic carbocycles. The van der Waals surface area contributed by atoms with E-state index in [0.29, 0.717) is 5.75 Å². The number of aliphatic carboxylic acids is 1. The first kappa shape index (κ1) is 14.3. The van der Waals surface area contributed by atoms with Crippen molar-refractivity contribution in [2.75, 3.05) is 6.61 Å². The van der Waals surface area contributed by atoms with Gasteiger partial charge in [0.1, 0.15) is 5.75 Å². The van der Waals surface area contributed by atoms with E-state index in [1.165, 1.54) is 0 Å². The summed E-state index contributed by atoms with van der Waals surface area (Å²) in [7, 11) is 0. The van der Waals surface area contributed by atoms with Crippen molar-refractivity contribution in [1.82, 2.24) is 0 Å². The fourth-order valence-corrected chi connectivity index (χ4v) is 1.85. The summed E-state index contributed by atoms with van der Waals surface area (Å²) < 4.78 is 6.12. The lowest BCUT2D eigenvalue weighted by atomic mass is 10.1. The van der Waals surface area contributed by atoms with Crippen molar-refractivity contribution in [3.8, 4) is 5.75 Å². The van der Waals surface area contributed by atoms with Crippen molar-refractivity contribution in [3.63, 3.8) is 0 Å². The largest absolute Gasteiger partial charge is 0.482 e. The van der Waals surface area contributed by atoms with Gasteiger partial charge in [0.15, 0.2) is 6.61 Å². The first-order valence-corrected chi connectivity index (χ1v) is 6.81. The van der Waals surface area contributed by atoms with Crippen molar-refractivity contribution in [1.29, 1.82) is 0 Å². The van der Waals surface area contributed by atoms with E-state index in [9.17, 15) is 4.79 Å². The summed E-state index contributed by atoms with van der Waals surface area (Å²) in [6.45, 7) is -0.325. The molecule has 0 atom stereocenters. The zero-order valence-corrected chi connectivity index (χ0v) is 12.2.